The summed E-state index contributed by atoms with van der Waals surface area (Å²) in [4.78, 5) is 40.0. The molecule has 24 heavy (non-hydrogen) atoms. The first-order chi connectivity index (χ1) is 11.5. The molecule has 0 aliphatic heterocycles. The first-order valence-corrected chi connectivity index (χ1v) is 7.23. The Balaban J connectivity index is 1.80. The van der Waals surface area contributed by atoms with Crippen LogP contribution in [0.4, 0.5) is 5.69 Å². The summed E-state index contributed by atoms with van der Waals surface area (Å²) < 4.78 is 2.71. The minimum atomic E-state index is -0.386. The van der Waals surface area contributed by atoms with Crippen LogP contribution in [0.25, 0.3) is 11.0 Å². The van der Waals surface area contributed by atoms with Crippen molar-refractivity contribution in [3.63, 3.8) is 0 Å². The molecule has 0 aliphatic carbocycles. The number of nitrogens with one attached hydrogen (secondary N) is 1. The third kappa shape index (κ3) is 2.94. The number of carbonyl (C=O) groups is 2. The molecule has 0 bridgehead atoms. The highest BCUT2D eigenvalue weighted by Crippen LogP contribution is 2.11. The van der Waals surface area contributed by atoms with Crippen LogP contribution < -0.4 is 10.9 Å². The molecule has 8 nitrogen and oxygen atoms in total. The number of fused-ring (bicyclic) bond motifs is 1. The second kappa shape index (κ2) is 6.07. The zero-order valence-electron chi connectivity index (χ0n) is 13.2. The number of amides is 1. The Hall–Kier alpha value is -3.29. The summed E-state index contributed by atoms with van der Waals surface area (Å²) in [7, 11) is 1.69. The molecule has 1 N–H and O–H groups in total. The highest BCUT2D eigenvalue weighted by Gasteiger charge is 2.11. The average molecular weight is 325 g/mol. The fourth-order valence-corrected chi connectivity index (χ4v) is 2.35. The zero-order valence-corrected chi connectivity index (χ0v) is 13.2. The number of hydrogen-bond acceptors (Lipinski definition) is 5. The summed E-state index contributed by atoms with van der Waals surface area (Å²) in [6.07, 6.45) is 2.74. The Bertz CT molecular complexity index is 1000. The van der Waals surface area contributed by atoms with Crippen molar-refractivity contribution in [3.05, 3.63) is 52.7 Å². The van der Waals surface area contributed by atoms with E-state index < -0.39 is 0 Å². The number of carbonyl (C=O) groups excluding carboxylic acids is 2. The van der Waals surface area contributed by atoms with Crippen LogP contribution in [-0.4, -0.2) is 31.0 Å². The second-order valence-corrected chi connectivity index (χ2v) is 5.37. The van der Waals surface area contributed by atoms with Gasteiger partial charge in [0.15, 0.2) is 11.4 Å². The van der Waals surface area contributed by atoms with Crippen LogP contribution in [0.15, 0.2) is 41.6 Å². The van der Waals surface area contributed by atoms with Gasteiger partial charge in [0, 0.05) is 18.3 Å². The number of rotatable bonds is 4. The van der Waals surface area contributed by atoms with E-state index in [2.05, 4.69) is 15.4 Å². The number of benzene rings is 1. The van der Waals surface area contributed by atoms with Gasteiger partial charge in [0.2, 0.25) is 5.91 Å². The monoisotopic (exact) mass is 325 g/mol. The van der Waals surface area contributed by atoms with E-state index in [1.807, 2.05) is 0 Å². The van der Waals surface area contributed by atoms with Crippen molar-refractivity contribution >= 4 is 28.4 Å². The smallest absolute Gasteiger partial charge is 0.264 e. The Labute approximate surface area is 136 Å². The summed E-state index contributed by atoms with van der Waals surface area (Å²) in [5.74, 6) is -0.476. The zero-order chi connectivity index (χ0) is 17.3. The van der Waals surface area contributed by atoms with Crippen LogP contribution in [0.5, 0.6) is 0 Å². The van der Waals surface area contributed by atoms with Crippen LogP contribution in [0.1, 0.15) is 17.3 Å². The number of anilines is 1. The minimum absolute atomic E-state index is 0.0893. The van der Waals surface area contributed by atoms with Gasteiger partial charge in [0.1, 0.15) is 18.3 Å². The average Bonchev–Trinajstić information content (AvgIpc) is 2.92. The molecule has 0 aliphatic rings. The lowest BCUT2D eigenvalue weighted by Crippen LogP contribution is -2.27. The van der Waals surface area contributed by atoms with Gasteiger partial charge in [-0.15, -0.1) is 0 Å². The van der Waals surface area contributed by atoms with Crippen molar-refractivity contribution in [1.29, 1.82) is 0 Å². The Morgan fingerprint density at radius 3 is 2.83 bits per heavy atom. The van der Waals surface area contributed by atoms with Gasteiger partial charge in [-0.2, -0.15) is 5.10 Å². The lowest BCUT2D eigenvalue weighted by atomic mass is 10.1. The molecule has 3 rings (SSSR count). The van der Waals surface area contributed by atoms with Gasteiger partial charge in [-0.25, -0.2) is 4.98 Å². The predicted octanol–water partition coefficient (Wildman–Crippen LogP) is 0.971. The molecule has 0 saturated heterocycles. The quantitative estimate of drug-likeness (QED) is 0.721. The van der Waals surface area contributed by atoms with Crippen LogP contribution in [0, 0.1) is 0 Å². The van der Waals surface area contributed by atoms with E-state index in [4.69, 9.17) is 0 Å². The van der Waals surface area contributed by atoms with Crippen molar-refractivity contribution in [2.45, 2.75) is 13.5 Å². The maximum atomic E-state index is 12.3. The number of nitrogens with zero attached hydrogens (tertiary/aromatic N) is 4. The molecule has 1 aromatic carbocycles. The van der Waals surface area contributed by atoms with E-state index >= 15 is 0 Å². The summed E-state index contributed by atoms with van der Waals surface area (Å²) in [5.41, 5.74) is 1.13. The highest BCUT2D eigenvalue weighted by atomic mass is 16.2. The van der Waals surface area contributed by atoms with Crippen molar-refractivity contribution in [2.75, 3.05) is 5.32 Å². The number of aromatic nitrogens is 4. The molecule has 0 unspecified atom stereocenters. The first-order valence-electron chi connectivity index (χ1n) is 7.23. The molecule has 2 aromatic heterocycles. The molecule has 0 fully saturated rings. The lowest BCUT2D eigenvalue weighted by Gasteiger charge is -2.08. The lowest BCUT2D eigenvalue weighted by molar-refractivity contribution is -0.116. The van der Waals surface area contributed by atoms with E-state index in [0.29, 0.717) is 22.3 Å². The first kappa shape index (κ1) is 15.6. The third-order valence-electron chi connectivity index (χ3n) is 3.58. The molecule has 0 saturated carbocycles. The van der Waals surface area contributed by atoms with Gasteiger partial charge < -0.3 is 5.32 Å². The maximum Gasteiger partial charge on any atom is 0.264 e. The molecule has 0 atom stereocenters. The standard InChI is InChI=1S/C16H15N5O3/c1-10(22)11-4-3-5-12(6-11)19-14(23)8-21-9-17-15-13(16(21)24)7-18-20(15)2/h3-7,9H,8H2,1-2H3,(H,19,23). The van der Waals surface area contributed by atoms with Crippen molar-refractivity contribution in [3.8, 4) is 0 Å². The molecular weight excluding hydrogens is 310 g/mol. The van der Waals surface area contributed by atoms with E-state index in [-0.39, 0.29) is 23.8 Å². The maximum absolute atomic E-state index is 12.3. The summed E-state index contributed by atoms with van der Waals surface area (Å²) in [6.45, 7) is 1.27. The van der Waals surface area contributed by atoms with Crippen molar-refractivity contribution in [1.82, 2.24) is 19.3 Å². The van der Waals surface area contributed by atoms with Crippen LogP contribution >= 0.6 is 0 Å². The Morgan fingerprint density at radius 1 is 1.29 bits per heavy atom. The van der Waals surface area contributed by atoms with E-state index in [1.165, 1.54) is 28.7 Å². The van der Waals surface area contributed by atoms with Gasteiger partial charge in [-0.05, 0) is 19.1 Å². The molecule has 0 spiro atoms. The summed E-state index contributed by atoms with van der Waals surface area (Å²) in [6, 6.07) is 6.62. The van der Waals surface area contributed by atoms with Gasteiger partial charge >= 0.3 is 0 Å². The van der Waals surface area contributed by atoms with E-state index in [0.717, 1.165) is 0 Å². The largest absolute Gasteiger partial charge is 0.325 e. The van der Waals surface area contributed by atoms with Gasteiger partial charge in [0.05, 0.1) is 6.20 Å². The second-order valence-electron chi connectivity index (χ2n) is 5.37. The van der Waals surface area contributed by atoms with Crippen LogP contribution in [-0.2, 0) is 18.4 Å². The molecule has 1 amide bonds. The summed E-state index contributed by atoms with van der Waals surface area (Å²) >= 11 is 0. The third-order valence-corrected chi connectivity index (χ3v) is 3.58. The summed E-state index contributed by atoms with van der Waals surface area (Å²) in [5, 5.41) is 7.00. The molecule has 122 valence electrons. The van der Waals surface area contributed by atoms with Gasteiger partial charge in [0.25, 0.3) is 5.56 Å². The molecule has 2 heterocycles. The molecule has 8 heteroatoms. The van der Waals surface area contributed by atoms with Crippen molar-refractivity contribution < 1.29 is 9.59 Å². The van der Waals surface area contributed by atoms with Crippen LogP contribution in [0.2, 0.25) is 0 Å². The molecule has 3 aromatic rings. The van der Waals surface area contributed by atoms with Crippen LogP contribution in [0.3, 0.4) is 0 Å². The number of ketones is 1. The highest BCUT2D eigenvalue weighted by molar-refractivity contribution is 5.97. The number of aryl methyl sites for hydroxylation is 1. The molecule has 0 radical (unpaired) electrons. The Kier molecular flexibility index (Phi) is 3.95. The number of Topliss-reactive ketones (excluding diaryl/α,β-unsaturated/α-hetero) is 1. The fraction of sp³-hybridized carbons (Fsp3) is 0.188. The molecular formula is C16H15N5O3. The van der Waals surface area contributed by atoms with E-state index in [1.54, 1.807) is 31.3 Å². The Morgan fingerprint density at radius 2 is 2.08 bits per heavy atom. The van der Waals surface area contributed by atoms with Gasteiger partial charge in [-0.1, -0.05) is 12.1 Å². The SMILES string of the molecule is CC(=O)c1cccc(NC(=O)Cn2cnc3c(cnn3C)c2=O)c1. The normalized spacial score (nSPS) is 10.8. The van der Waals surface area contributed by atoms with Crippen molar-refractivity contribution in [2.24, 2.45) is 7.05 Å². The fourth-order valence-electron chi connectivity index (χ4n) is 2.35. The topological polar surface area (TPSA) is 98.9 Å². The van der Waals surface area contributed by atoms with E-state index in [9.17, 15) is 14.4 Å². The van der Waals surface area contributed by atoms with Gasteiger partial charge in [-0.3, -0.25) is 23.6 Å². The predicted molar refractivity (Wildman–Crippen MR) is 87.8 cm³/mol. The number of hydrogen-bond donors (Lipinski definition) is 1. The minimum Gasteiger partial charge on any atom is -0.325 e.